The summed E-state index contributed by atoms with van der Waals surface area (Å²) in [5.74, 6) is -0.690. The van der Waals surface area contributed by atoms with Crippen LogP contribution in [0.5, 0.6) is 0 Å². The van der Waals surface area contributed by atoms with Crippen LogP contribution in [0.4, 0.5) is 5.69 Å². The Labute approximate surface area is 130 Å². The molecule has 1 aliphatic rings. The molecule has 21 heavy (non-hydrogen) atoms. The van der Waals surface area contributed by atoms with Gasteiger partial charge in [0.25, 0.3) is 0 Å². The topological polar surface area (TPSA) is 118 Å². The predicted molar refractivity (Wildman–Crippen MR) is 77.6 cm³/mol. The number of amides is 2. The summed E-state index contributed by atoms with van der Waals surface area (Å²) >= 11 is 11.8. The molecule has 1 atom stereocenters. The van der Waals surface area contributed by atoms with Gasteiger partial charge in [-0.3, -0.25) is 9.59 Å². The quantitative estimate of drug-likeness (QED) is 0.747. The van der Waals surface area contributed by atoms with E-state index < -0.39 is 22.0 Å². The Kier molecular flexibility index (Phi) is 4.43. The number of rotatable bonds is 3. The first-order valence-electron chi connectivity index (χ1n) is 5.80. The maximum Gasteiger partial charge on any atom is 0.247 e. The Morgan fingerprint density at radius 2 is 1.90 bits per heavy atom. The molecule has 0 bridgehead atoms. The third-order valence-corrected chi connectivity index (χ3v) is 4.39. The highest BCUT2D eigenvalue weighted by Gasteiger charge is 2.28. The van der Waals surface area contributed by atoms with Crippen LogP contribution in [0.15, 0.2) is 17.0 Å². The van der Waals surface area contributed by atoms with E-state index in [0.717, 1.165) is 12.1 Å². The van der Waals surface area contributed by atoms with E-state index in [4.69, 9.17) is 28.3 Å². The third-order valence-electron chi connectivity index (χ3n) is 2.90. The molecule has 0 spiro atoms. The lowest BCUT2D eigenvalue weighted by molar-refractivity contribution is -0.122. The molecule has 0 radical (unpaired) electrons. The number of primary sulfonamides is 1. The van der Waals surface area contributed by atoms with Gasteiger partial charge in [-0.1, -0.05) is 23.2 Å². The minimum absolute atomic E-state index is 0.0656. The third kappa shape index (κ3) is 3.65. The summed E-state index contributed by atoms with van der Waals surface area (Å²) in [6.07, 6.45) is 0.638. The van der Waals surface area contributed by atoms with Crippen molar-refractivity contribution in [3.05, 3.63) is 22.2 Å². The van der Waals surface area contributed by atoms with Crippen molar-refractivity contribution >= 4 is 50.7 Å². The first-order valence-corrected chi connectivity index (χ1v) is 8.11. The summed E-state index contributed by atoms with van der Waals surface area (Å²) in [5, 5.41) is 9.81. The first-order chi connectivity index (χ1) is 9.68. The second-order valence-corrected chi connectivity index (χ2v) is 6.83. The van der Waals surface area contributed by atoms with E-state index in [-0.39, 0.29) is 33.0 Å². The first kappa shape index (κ1) is 16.0. The minimum Gasteiger partial charge on any atom is -0.344 e. The molecule has 0 aliphatic carbocycles. The van der Waals surface area contributed by atoms with E-state index in [1.807, 2.05) is 0 Å². The number of anilines is 1. The second kappa shape index (κ2) is 5.80. The van der Waals surface area contributed by atoms with E-state index in [1.54, 1.807) is 0 Å². The number of benzene rings is 1. The Bertz CT molecular complexity index is 697. The molecular weight excluding hydrogens is 341 g/mol. The molecule has 0 saturated carbocycles. The van der Waals surface area contributed by atoms with Crippen LogP contribution in [-0.2, 0) is 19.6 Å². The van der Waals surface area contributed by atoms with Crippen LogP contribution in [0.3, 0.4) is 0 Å². The van der Waals surface area contributed by atoms with Gasteiger partial charge in [0.05, 0.1) is 20.6 Å². The van der Waals surface area contributed by atoms with E-state index in [9.17, 15) is 18.0 Å². The number of hydrogen-bond donors (Lipinski definition) is 3. The van der Waals surface area contributed by atoms with Gasteiger partial charge >= 0.3 is 0 Å². The number of halogens is 2. The predicted octanol–water partition coefficient (Wildman–Crippen LogP) is 0.858. The summed E-state index contributed by atoms with van der Waals surface area (Å²) in [5.41, 5.74) is 0.0666. The summed E-state index contributed by atoms with van der Waals surface area (Å²) in [6.45, 7) is 0. The highest BCUT2D eigenvalue weighted by Crippen LogP contribution is 2.33. The van der Waals surface area contributed by atoms with Gasteiger partial charge in [-0.05, 0) is 18.6 Å². The van der Waals surface area contributed by atoms with Crippen molar-refractivity contribution in [1.29, 1.82) is 0 Å². The molecule has 0 unspecified atom stereocenters. The van der Waals surface area contributed by atoms with Crippen LogP contribution < -0.4 is 15.8 Å². The number of carbonyl (C=O) groups excluding carboxylic acids is 2. The van der Waals surface area contributed by atoms with E-state index in [0.29, 0.717) is 6.42 Å². The summed E-state index contributed by atoms with van der Waals surface area (Å²) in [7, 11) is -3.95. The second-order valence-electron chi connectivity index (χ2n) is 4.45. The van der Waals surface area contributed by atoms with Crippen LogP contribution in [0, 0.1) is 0 Å². The average Bonchev–Trinajstić information content (AvgIpc) is 2.79. The van der Waals surface area contributed by atoms with E-state index in [1.165, 1.54) is 0 Å². The molecule has 1 fully saturated rings. The zero-order chi connectivity index (χ0) is 15.8. The molecule has 1 heterocycles. The molecule has 0 aromatic heterocycles. The maximum atomic E-state index is 12.0. The van der Waals surface area contributed by atoms with Crippen LogP contribution in [0.1, 0.15) is 12.8 Å². The van der Waals surface area contributed by atoms with Crippen molar-refractivity contribution in [3.8, 4) is 0 Å². The molecular formula is C11H11Cl2N3O4S. The molecule has 114 valence electrons. The molecule has 1 aromatic carbocycles. The lowest BCUT2D eigenvalue weighted by Gasteiger charge is -2.14. The van der Waals surface area contributed by atoms with Crippen LogP contribution in [0.25, 0.3) is 0 Å². The number of sulfonamides is 1. The summed E-state index contributed by atoms with van der Waals surface area (Å²) in [6, 6.07) is 1.51. The van der Waals surface area contributed by atoms with Crippen molar-refractivity contribution in [3.63, 3.8) is 0 Å². The smallest absolute Gasteiger partial charge is 0.247 e. The largest absolute Gasteiger partial charge is 0.344 e. The summed E-state index contributed by atoms with van der Waals surface area (Å²) in [4.78, 5) is 22.8. The van der Waals surface area contributed by atoms with Crippen LogP contribution in [-0.4, -0.2) is 26.3 Å². The van der Waals surface area contributed by atoms with Gasteiger partial charge in [0.2, 0.25) is 21.8 Å². The van der Waals surface area contributed by atoms with Gasteiger partial charge in [-0.2, -0.15) is 0 Å². The van der Waals surface area contributed by atoms with Gasteiger partial charge in [-0.25, -0.2) is 13.6 Å². The average molecular weight is 352 g/mol. The van der Waals surface area contributed by atoms with Crippen molar-refractivity contribution in [2.75, 3.05) is 5.32 Å². The molecule has 1 aromatic rings. The zero-order valence-electron chi connectivity index (χ0n) is 10.5. The lowest BCUT2D eigenvalue weighted by Crippen LogP contribution is -2.37. The number of nitrogens with one attached hydrogen (secondary N) is 2. The highest BCUT2D eigenvalue weighted by molar-refractivity contribution is 7.89. The number of carbonyl (C=O) groups is 2. The van der Waals surface area contributed by atoms with Crippen molar-refractivity contribution in [2.45, 2.75) is 23.8 Å². The zero-order valence-corrected chi connectivity index (χ0v) is 12.8. The Balaban J connectivity index is 2.25. The Morgan fingerprint density at radius 1 is 1.33 bits per heavy atom. The molecule has 7 nitrogen and oxygen atoms in total. The minimum atomic E-state index is -3.95. The van der Waals surface area contributed by atoms with Crippen LogP contribution in [0.2, 0.25) is 10.0 Å². The number of nitrogens with two attached hydrogens (primary N) is 1. The van der Waals surface area contributed by atoms with Crippen molar-refractivity contribution < 1.29 is 18.0 Å². The fourth-order valence-corrected chi connectivity index (χ4v) is 3.13. The fourth-order valence-electron chi connectivity index (χ4n) is 1.85. The molecule has 1 saturated heterocycles. The van der Waals surface area contributed by atoms with Crippen molar-refractivity contribution in [1.82, 2.24) is 5.32 Å². The molecule has 4 N–H and O–H groups in total. The molecule has 1 aliphatic heterocycles. The Morgan fingerprint density at radius 3 is 2.33 bits per heavy atom. The van der Waals surface area contributed by atoms with Crippen LogP contribution >= 0.6 is 23.2 Å². The van der Waals surface area contributed by atoms with Gasteiger partial charge in [-0.15, -0.1) is 0 Å². The highest BCUT2D eigenvalue weighted by atomic mass is 35.5. The standard InChI is InChI=1S/C11H11Cl2N3O4S/c12-6-3-5(21(14,19)20)4-7(13)10(6)16-11(18)8-1-2-9(17)15-8/h3-4,8H,1-2H2,(H,15,17)(H,16,18)(H2,14,19,20)/t8-/m0/s1. The lowest BCUT2D eigenvalue weighted by atomic mass is 10.2. The van der Waals surface area contributed by atoms with E-state index in [2.05, 4.69) is 10.6 Å². The monoisotopic (exact) mass is 351 g/mol. The fraction of sp³-hybridized carbons (Fsp3) is 0.273. The van der Waals surface area contributed by atoms with Gasteiger partial charge in [0, 0.05) is 6.42 Å². The van der Waals surface area contributed by atoms with Crippen molar-refractivity contribution in [2.24, 2.45) is 5.14 Å². The van der Waals surface area contributed by atoms with Gasteiger partial charge < -0.3 is 10.6 Å². The van der Waals surface area contributed by atoms with E-state index >= 15 is 0 Å². The SMILES string of the molecule is NS(=O)(=O)c1cc(Cl)c(NC(=O)[C@@H]2CCC(=O)N2)c(Cl)c1. The molecule has 10 heteroatoms. The Hall–Kier alpha value is -1.35. The summed E-state index contributed by atoms with van der Waals surface area (Å²) < 4.78 is 22.5. The van der Waals surface area contributed by atoms with Gasteiger partial charge in [0.1, 0.15) is 6.04 Å². The number of hydrogen-bond acceptors (Lipinski definition) is 4. The van der Waals surface area contributed by atoms with Gasteiger partial charge in [0.15, 0.2) is 0 Å². The maximum absolute atomic E-state index is 12.0. The molecule has 2 rings (SSSR count). The molecule has 2 amide bonds. The normalized spacial score (nSPS) is 18.4.